The van der Waals surface area contributed by atoms with Crippen molar-refractivity contribution in [3.05, 3.63) is 368 Å². The summed E-state index contributed by atoms with van der Waals surface area (Å²) in [7, 11) is -1.54. The highest BCUT2D eigenvalue weighted by Crippen LogP contribution is 2.48. The van der Waals surface area contributed by atoms with Crippen molar-refractivity contribution in [2.75, 3.05) is 0 Å². The van der Waals surface area contributed by atoms with Crippen LogP contribution in [0.2, 0.25) is 0 Å². The highest BCUT2D eigenvalue weighted by molar-refractivity contribution is 9.10. The van der Waals surface area contributed by atoms with E-state index in [4.69, 9.17) is 0 Å². The molecule has 0 bridgehead atoms. The molecule has 2 N–H and O–H groups in total. The minimum absolute atomic E-state index is 0.553. The molecule has 0 fully saturated rings. The fourth-order valence-corrected chi connectivity index (χ4v) is 18.4. The highest BCUT2D eigenvalue weighted by atomic mass is 79.9. The molecule has 2 nitrogen and oxygen atoms in total. The summed E-state index contributed by atoms with van der Waals surface area (Å²) in [5.74, 6) is 0. The SMILES string of the molecule is Brc1cccc(-c2cccc3c2sc2ccccc23)c1.OB(O)c1c2ccccc2c(-c2ccc(-c3cccc4ccccc34)cc2)c2ccccc12.c1cc(-c2c3ccccc3c(-c3ccc(-c4cccc5ccccc45)cc3)c3ccccc23)cc(-c2cccc3c2sc2ccccc23)c1. The van der Waals surface area contributed by atoms with Crippen LogP contribution >= 0.6 is 38.6 Å². The third-order valence-electron chi connectivity index (χ3n) is 20.1. The maximum Gasteiger partial charge on any atom is 0.489 e. The Morgan fingerprint density at radius 2 is 0.510 bits per heavy atom. The maximum atomic E-state index is 10.2. The summed E-state index contributed by atoms with van der Waals surface area (Å²) in [6.07, 6.45) is 0. The molecule has 0 unspecified atom stereocenters. The van der Waals surface area contributed by atoms with Crippen LogP contribution < -0.4 is 5.46 Å². The predicted molar refractivity (Wildman–Crippen MR) is 446 cm³/mol. The van der Waals surface area contributed by atoms with E-state index in [0.717, 1.165) is 37.1 Å². The molecule has 102 heavy (non-hydrogen) atoms. The molecule has 0 radical (unpaired) electrons. The zero-order chi connectivity index (χ0) is 68.2. The molecule has 0 aliphatic carbocycles. The number of rotatable bonds is 8. The van der Waals surface area contributed by atoms with Gasteiger partial charge in [0.2, 0.25) is 0 Å². The van der Waals surface area contributed by atoms with Crippen molar-refractivity contribution >= 4 is 156 Å². The normalized spacial score (nSPS) is 11.5. The van der Waals surface area contributed by atoms with Crippen LogP contribution in [0.3, 0.4) is 0 Å². The molecule has 6 heteroatoms. The predicted octanol–water partition coefficient (Wildman–Crippen LogP) is 26.8. The molecule has 2 heterocycles. The Balaban J connectivity index is 0.000000121. The van der Waals surface area contributed by atoms with Crippen molar-refractivity contribution in [3.8, 4) is 77.9 Å². The molecule has 480 valence electrons. The topological polar surface area (TPSA) is 40.5 Å². The monoisotopic (exact) mass is 1400 g/mol. The number of benzene rings is 18. The summed E-state index contributed by atoms with van der Waals surface area (Å²) in [6.45, 7) is 0. The van der Waals surface area contributed by atoms with Crippen molar-refractivity contribution in [1.82, 2.24) is 0 Å². The third kappa shape index (κ3) is 11.3. The zero-order valence-electron chi connectivity index (χ0n) is 55.3. The van der Waals surface area contributed by atoms with Crippen LogP contribution in [-0.2, 0) is 0 Å². The van der Waals surface area contributed by atoms with Gasteiger partial charge in [0.15, 0.2) is 0 Å². The second kappa shape index (κ2) is 26.8. The summed E-state index contributed by atoms with van der Waals surface area (Å²) < 4.78 is 6.52. The zero-order valence-corrected chi connectivity index (χ0v) is 58.5. The van der Waals surface area contributed by atoms with Crippen LogP contribution in [0, 0.1) is 0 Å². The Morgan fingerprint density at radius 1 is 0.216 bits per heavy atom. The summed E-state index contributed by atoms with van der Waals surface area (Å²) in [6, 6.07) is 130. The maximum absolute atomic E-state index is 10.2. The van der Waals surface area contributed by atoms with E-state index >= 15 is 0 Å². The van der Waals surface area contributed by atoms with Crippen LogP contribution in [0.25, 0.3) is 183 Å². The van der Waals surface area contributed by atoms with E-state index in [-0.39, 0.29) is 0 Å². The Labute approximate surface area is 607 Å². The number of hydrogen-bond donors (Lipinski definition) is 2. The van der Waals surface area contributed by atoms with Gasteiger partial charge in [0, 0.05) is 44.8 Å². The van der Waals surface area contributed by atoms with E-state index in [1.165, 1.54) is 150 Å². The Kier molecular flexibility index (Phi) is 16.5. The lowest BCUT2D eigenvalue weighted by Crippen LogP contribution is -2.31. The van der Waals surface area contributed by atoms with Crippen LogP contribution in [0.1, 0.15) is 0 Å². The fourth-order valence-electron chi connectivity index (χ4n) is 15.5. The lowest BCUT2D eigenvalue weighted by atomic mass is 9.72. The van der Waals surface area contributed by atoms with Gasteiger partial charge >= 0.3 is 7.12 Å². The Hall–Kier alpha value is -11.6. The molecule has 0 saturated heterocycles. The molecule has 20 rings (SSSR count). The van der Waals surface area contributed by atoms with E-state index in [2.05, 4.69) is 344 Å². The van der Waals surface area contributed by atoms with E-state index < -0.39 is 7.12 Å². The first-order chi connectivity index (χ1) is 50.4. The smallest absolute Gasteiger partial charge is 0.423 e. The quantitative estimate of drug-likeness (QED) is 0.118. The first-order valence-electron chi connectivity index (χ1n) is 34.4. The van der Waals surface area contributed by atoms with E-state index in [1.807, 2.05) is 59.1 Å². The molecule has 0 amide bonds. The van der Waals surface area contributed by atoms with E-state index in [9.17, 15) is 10.0 Å². The van der Waals surface area contributed by atoms with Crippen LogP contribution in [0.4, 0.5) is 0 Å². The molecule has 18 aromatic carbocycles. The molecule has 20 aromatic rings. The van der Waals surface area contributed by atoms with Gasteiger partial charge in [-0.2, -0.15) is 0 Å². The number of fused-ring (bicyclic) bond motifs is 12. The van der Waals surface area contributed by atoms with Gasteiger partial charge in [0.25, 0.3) is 0 Å². The molecule has 0 saturated carbocycles. The molecule has 0 aliphatic heterocycles. The van der Waals surface area contributed by atoms with Crippen molar-refractivity contribution in [1.29, 1.82) is 0 Å². The number of thiophene rings is 2. The lowest BCUT2D eigenvalue weighted by Gasteiger charge is -2.18. The number of halogens is 1. The van der Waals surface area contributed by atoms with Crippen molar-refractivity contribution < 1.29 is 10.0 Å². The van der Waals surface area contributed by atoms with Gasteiger partial charge in [-0.25, -0.2) is 0 Å². The van der Waals surface area contributed by atoms with Crippen molar-refractivity contribution in [2.24, 2.45) is 0 Å². The fraction of sp³-hybridized carbons (Fsp3) is 0. The van der Waals surface area contributed by atoms with Gasteiger partial charge < -0.3 is 10.0 Å². The largest absolute Gasteiger partial charge is 0.489 e. The molecule has 2 aromatic heterocycles. The summed E-state index contributed by atoms with van der Waals surface area (Å²) >= 11 is 7.32. The Morgan fingerprint density at radius 3 is 0.941 bits per heavy atom. The van der Waals surface area contributed by atoms with Gasteiger partial charge in [0.1, 0.15) is 0 Å². The summed E-state index contributed by atoms with van der Waals surface area (Å²) in [4.78, 5) is 0. The summed E-state index contributed by atoms with van der Waals surface area (Å²) in [5, 5.41) is 39.6. The average Bonchev–Trinajstić information content (AvgIpc) is 1.31. The molecule has 0 spiro atoms. The van der Waals surface area contributed by atoms with Gasteiger partial charge in [-0.05, 0) is 178 Å². The van der Waals surface area contributed by atoms with E-state index in [1.54, 1.807) is 0 Å². The molecular formula is C96H62BBrO2S2. The molecular weight excluding hydrogens is 1340 g/mol. The molecule has 0 aliphatic rings. The van der Waals surface area contributed by atoms with Crippen LogP contribution in [-0.4, -0.2) is 17.2 Å². The highest BCUT2D eigenvalue weighted by Gasteiger charge is 2.24. The van der Waals surface area contributed by atoms with Crippen LogP contribution in [0.5, 0.6) is 0 Å². The second-order valence-electron chi connectivity index (χ2n) is 26.0. The average molecular weight is 1400 g/mol. The standard InChI is InChI=1S/C48H30S.C30H21BO2.C18H11BrS/c1-2-16-36-31(12-1)13-10-22-37(36)32-26-28-33(29-27-32)46-40-18-3-5-20-42(40)47(43-21-6-4-19-41(43)46)35-15-9-14-34(30-35)38-23-11-24-44-39-17-7-8-25-45(39)49-48(38)44;32-31(33)30-27-13-5-3-11-25(27)29(26-12-4-6-14-28(26)30)22-18-16-21(17-19-22)24-15-7-9-20-8-1-2-10-23(20)24;19-13-6-3-5-12(11-13)14-8-4-9-16-15-7-1-2-10-17(15)20-18(14)16/h1-30H;1-19,32-33H;1-11H. The first-order valence-corrected chi connectivity index (χ1v) is 36.9. The Bertz CT molecular complexity index is 6500. The van der Waals surface area contributed by atoms with Crippen molar-refractivity contribution in [2.45, 2.75) is 0 Å². The molecule has 0 atom stereocenters. The number of hydrogen-bond acceptors (Lipinski definition) is 4. The first kappa shape index (κ1) is 62.7. The lowest BCUT2D eigenvalue weighted by molar-refractivity contribution is 0.426. The van der Waals surface area contributed by atoms with Gasteiger partial charge in [-0.15, -0.1) is 22.7 Å². The minimum atomic E-state index is -1.54. The van der Waals surface area contributed by atoms with Crippen molar-refractivity contribution in [3.63, 3.8) is 0 Å². The van der Waals surface area contributed by atoms with Crippen LogP contribution in [0.15, 0.2) is 368 Å². The third-order valence-corrected chi connectivity index (χ3v) is 23.1. The van der Waals surface area contributed by atoms with Gasteiger partial charge in [-0.3, -0.25) is 0 Å². The van der Waals surface area contributed by atoms with E-state index in [0.29, 0.717) is 5.46 Å². The minimum Gasteiger partial charge on any atom is -0.423 e. The van der Waals surface area contributed by atoms with Gasteiger partial charge in [0.05, 0.1) is 0 Å². The van der Waals surface area contributed by atoms with Gasteiger partial charge in [-0.1, -0.05) is 350 Å². The summed E-state index contributed by atoms with van der Waals surface area (Å²) in [5.41, 5.74) is 17.8. The second-order valence-corrected chi connectivity index (χ2v) is 29.0.